The number of H-pyrrole nitrogens is 2. The molecule has 2 N–H and O–H groups in total. The van der Waals surface area contributed by atoms with Crippen LogP contribution in [0.5, 0.6) is 0 Å². The zero-order chi connectivity index (χ0) is 19.1. The van der Waals surface area contributed by atoms with Crippen molar-refractivity contribution < 1.29 is 4.74 Å². The standard InChI is InChI=1S/C20H18N6O2/c21-7-15-10-23-18-16(15)5-13(8-22-18)14-6-17-19(24-9-14)25-20(27)26(17)11-12-1-3-28-4-2-12/h5-6,8-10,12H,1-4,11H2,(H,22,23)(H,24,25,27). The summed E-state index contributed by atoms with van der Waals surface area (Å²) in [5.74, 6) is 0.421. The quantitative estimate of drug-likeness (QED) is 0.572. The molecule has 4 aromatic heterocycles. The Labute approximate surface area is 159 Å². The summed E-state index contributed by atoms with van der Waals surface area (Å²) in [6, 6.07) is 6.05. The Morgan fingerprint density at radius 3 is 2.71 bits per heavy atom. The van der Waals surface area contributed by atoms with Crippen LogP contribution in [0.4, 0.5) is 0 Å². The van der Waals surface area contributed by atoms with Crippen molar-refractivity contribution in [3.8, 4) is 17.2 Å². The lowest BCUT2D eigenvalue weighted by atomic mass is 10.0. The number of ether oxygens (including phenoxy) is 1. The molecule has 0 bridgehead atoms. The summed E-state index contributed by atoms with van der Waals surface area (Å²) in [7, 11) is 0. The maximum absolute atomic E-state index is 12.5. The van der Waals surface area contributed by atoms with E-state index in [1.807, 2.05) is 12.1 Å². The topological polar surface area (TPSA) is 112 Å². The maximum Gasteiger partial charge on any atom is 0.327 e. The zero-order valence-corrected chi connectivity index (χ0v) is 15.1. The summed E-state index contributed by atoms with van der Waals surface area (Å²) in [6.07, 6.45) is 7.03. The van der Waals surface area contributed by atoms with Crippen molar-refractivity contribution in [2.45, 2.75) is 19.4 Å². The molecule has 0 atom stereocenters. The van der Waals surface area contributed by atoms with Crippen LogP contribution >= 0.6 is 0 Å². The van der Waals surface area contributed by atoms with Crippen molar-refractivity contribution in [1.29, 1.82) is 5.26 Å². The van der Waals surface area contributed by atoms with E-state index >= 15 is 0 Å². The summed E-state index contributed by atoms with van der Waals surface area (Å²) < 4.78 is 7.19. The van der Waals surface area contributed by atoms with E-state index in [4.69, 9.17) is 4.74 Å². The Kier molecular flexibility index (Phi) is 3.95. The average Bonchev–Trinajstić information content (AvgIpc) is 3.28. The highest BCUT2D eigenvalue weighted by Crippen LogP contribution is 2.26. The zero-order valence-electron chi connectivity index (χ0n) is 15.1. The highest BCUT2D eigenvalue weighted by atomic mass is 16.5. The predicted molar refractivity (Wildman–Crippen MR) is 104 cm³/mol. The van der Waals surface area contributed by atoms with Gasteiger partial charge in [-0.1, -0.05) is 0 Å². The van der Waals surface area contributed by atoms with Gasteiger partial charge in [0.05, 0.1) is 11.1 Å². The number of nitriles is 1. The second kappa shape index (κ2) is 6.62. The summed E-state index contributed by atoms with van der Waals surface area (Å²) in [5.41, 5.74) is 4.15. The van der Waals surface area contributed by atoms with E-state index in [9.17, 15) is 10.1 Å². The van der Waals surface area contributed by atoms with Crippen molar-refractivity contribution in [1.82, 2.24) is 24.5 Å². The largest absolute Gasteiger partial charge is 0.381 e. The van der Waals surface area contributed by atoms with Crippen LogP contribution < -0.4 is 5.69 Å². The SMILES string of the molecule is N#Cc1c[nH]c2ncc(-c3cnc4[nH]c(=O)n(CC5CCOCC5)c4c3)cc12. The molecule has 8 nitrogen and oxygen atoms in total. The van der Waals surface area contributed by atoms with Gasteiger partial charge in [0.15, 0.2) is 5.65 Å². The molecule has 5 rings (SSSR count). The number of pyridine rings is 2. The van der Waals surface area contributed by atoms with Crippen LogP contribution in [0.2, 0.25) is 0 Å². The Bertz CT molecular complexity index is 1270. The van der Waals surface area contributed by atoms with Gasteiger partial charge in [-0.05, 0) is 30.9 Å². The second-order valence-electron chi connectivity index (χ2n) is 7.12. The van der Waals surface area contributed by atoms with Crippen LogP contribution in [0.3, 0.4) is 0 Å². The van der Waals surface area contributed by atoms with Gasteiger partial charge in [-0.3, -0.25) is 9.55 Å². The smallest absolute Gasteiger partial charge is 0.327 e. The van der Waals surface area contributed by atoms with E-state index in [0.717, 1.165) is 48.1 Å². The van der Waals surface area contributed by atoms with Crippen molar-refractivity contribution in [3.05, 3.63) is 46.8 Å². The number of nitrogens with zero attached hydrogens (tertiary/aromatic N) is 4. The molecule has 1 fully saturated rings. The highest BCUT2D eigenvalue weighted by molar-refractivity contribution is 5.87. The van der Waals surface area contributed by atoms with Crippen molar-refractivity contribution in [2.75, 3.05) is 13.2 Å². The molecule has 0 amide bonds. The van der Waals surface area contributed by atoms with Crippen LogP contribution in [-0.4, -0.2) is 37.7 Å². The fraction of sp³-hybridized carbons (Fsp3) is 0.300. The summed E-state index contributed by atoms with van der Waals surface area (Å²) in [4.78, 5) is 27.1. The molecule has 1 aliphatic rings. The van der Waals surface area contributed by atoms with Crippen LogP contribution in [0.15, 0.2) is 35.5 Å². The van der Waals surface area contributed by atoms with E-state index in [0.29, 0.717) is 29.3 Å². The first kappa shape index (κ1) is 16.7. The second-order valence-corrected chi connectivity index (χ2v) is 7.12. The summed E-state index contributed by atoms with van der Waals surface area (Å²) in [5, 5.41) is 10.0. The van der Waals surface area contributed by atoms with Gasteiger partial charge in [0.2, 0.25) is 0 Å². The molecule has 0 aromatic carbocycles. The van der Waals surface area contributed by atoms with E-state index in [1.54, 1.807) is 23.2 Å². The van der Waals surface area contributed by atoms with Gasteiger partial charge in [0.1, 0.15) is 11.7 Å². The number of hydrogen-bond acceptors (Lipinski definition) is 5. The third-order valence-electron chi connectivity index (χ3n) is 5.40. The van der Waals surface area contributed by atoms with Gasteiger partial charge in [0, 0.05) is 54.9 Å². The molecule has 0 saturated carbocycles. The molecular formula is C20H18N6O2. The fourth-order valence-corrected chi connectivity index (χ4v) is 3.81. The summed E-state index contributed by atoms with van der Waals surface area (Å²) >= 11 is 0. The molecule has 0 aliphatic carbocycles. The lowest BCUT2D eigenvalue weighted by molar-refractivity contribution is 0.0613. The van der Waals surface area contributed by atoms with Crippen LogP contribution in [0.1, 0.15) is 18.4 Å². The number of fused-ring (bicyclic) bond motifs is 2. The molecule has 140 valence electrons. The number of imidazole rings is 1. The maximum atomic E-state index is 12.5. The van der Waals surface area contributed by atoms with Crippen LogP contribution in [0.25, 0.3) is 33.3 Å². The molecule has 1 aliphatic heterocycles. The van der Waals surface area contributed by atoms with Gasteiger partial charge >= 0.3 is 5.69 Å². The normalized spacial score (nSPS) is 15.2. The van der Waals surface area contributed by atoms with Crippen LogP contribution in [0, 0.1) is 17.2 Å². The molecule has 28 heavy (non-hydrogen) atoms. The monoisotopic (exact) mass is 374 g/mol. The minimum absolute atomic E-state index is 0.142. The molecule has 1 saturated heterocycles. The number of rotatable bonds is 3. The first-order chi connectivity index (χ1) is 13.7. The van der Waals surface area contributed by atoms with Crippen molar-refractivity contribution >= 4 is 22.2 Å². The van der Waals surface area contributed by atoms with Gasteiger partial charge in [-0.25, -0.2) is 14.8 Å². The summed E-state index contributed by atoms with van der Waals surface area (Å²) in [6.45, 7) is 2.14. The molecule has 0 spiro atoms. The third kappa shape index (κ3) is 2.77. The molecular weight excluding hydrogens is 356 g/mol. The fourth-order valence-electron chi connectivity index (χ4n) is 3.81. The van der Waals surface area contributed by atoms with E-state index < -0.39 is 0 Å². The first-order valence-electron chi connectivity index (χ1n) is 9.27. The molecule has 4 aromatic rings. The van der Waals surface area contributed by atoms with E-state index in [1.165, 1.54) is 0 Å². The van der Waals surface area contributed by atoms with Crippen molar-refractivity contribution in [3.63, 3.8) is 0 Å². The highest BCUT2D eigenvalue weighted by Gasteiger charge is 2.18. The third-order valence-corrected chi connectivity index (χ3v) is 5.40. The Morgan fingerprint density at radius 1 is 1.18 bits per heavy atom. The van der Waals surface area contributed by atoms with Gasteiger partial charge in [-0.15, -0.1) is 0 Å². The Hall–Kier alpha value is -3.44. The van der Waals surface area contributed by atoms with Crippen LogP contribution in [-0.2, 0) is 11.3 Å². The van der Waals surface area contributed by atoms with E-state index in [-0.39, 0.29) is 5.69 Å². The molecule has 8 heteroatoms. The molecule has 5 heterocycles. The van der Waals surface area contributed by atoms with Gasteiger partial charge in [-0.2, -0.15) is 5.26 Å². The van der Waals surface area contributed by atoms with E-state index in [2.05, 4.69) is 26.0 Å². The number of hydrogen-bond donors (Lipinski definition) is 2. The lowest BCUT2D eigenvalue weighted by Crippen LogP contribution is -2.25. The first-order valence-corrected chi connectivity index (χ1v) is 9.27. The molecule has 0 radical (unpaired) electrons. The predicted octanol–water partition coefficient (Wildman–Crippen LogP) is 2.57. The number of aromatic nitrogens is 5. The van der Waals surface area contributed by atoms with Crippen molar-refractivity contribution in [2.24, 2.45) is 5.92 Å². The Morgan fingerprint density at radius 2 is 1.93 bits per heavy atom. The Balaban J connectivity index is 1.58. The molecule has 0 unspecified atom stereocenters. The average molecular weight is 374 g/mol. The lowest BCUT2D eigenvalue weighted by Gasteiger charge is -2.22. The van der Waals surface area contributed by atoms with Gasteiger partial charge < -0.3 is 9.72 Å². The minimum Gasteiger partial charge on any atom is -0.381 e. The minimum atomic E-state index is -0.142. The number of aromatic amines is 2. The number of nitrogens with one attached hydrogen (secondary N) is 2. The van der Waals surface area contributed by atoms with Gasteiger partial charge in [0.25, 0.3) is 0 Å².